The minimum absolute atomic E-state index is 0.128. The van der Waals surface area contributed by atoms with Gasteiger partial charge in [0, 0.05) is 23.7 Å². The van der Waals surface area contributed by atoms with Crippen molar-refractivity contribution in [1.82, 2.24) is 4.98 Å². The summed E-state index contributed by atoms with van der Waals surface area (Å²) in [5.41, 5.74) is 1.12. The summed E-state index contributed by atoms with van der Waals surface area (Å²) in [5.74, 6) is 0. The molecule has 0 spiro atoms. The number of hydrogen-bond acceptors (Lipinski definition) is 2. The number of fused-ring (bicyclic) bond motifs is 1. The second-order valence-corrected chi connectivity index (χ2v) is 4.23. The fraction of sp³-hybridized carbons (Fsp3) is 0.308. The van der Waals surface area contributed by atoms with Crippen molar-refractivity contribution in [2.75, 3.05) is 12.4 Å². The Kier molecular flexibility index (Phi) is 2.92. The maximum absolute atomic E-state index is 12.9. The van der Waals surface area contributed by atoms with Gasteiger partial charge in [-0.3, -0.25) is 0 Å². The first kappa shape index (κ1) is 12.7. The van der Waals surface area contributed by atoms with Gasteiger partial charge in [0.15, 0.2) is 0 Å². The molecule has 5 heteroatoms. The molecule has 2 nitrogen and oxygen atoms in total. The first-order valence-electron chi connectivity index (χ1n) is 5.50. The van der Waals surface area contributed by atoms with Crippen molar-refractivity contribution < 1.29 is 13.2 Å². The molecule has 96 valence electrons. The number of halogens is 3. The predicted octanol–water partition coefficient (Wildman–Crippen LogP) is 3.91. The van der Waals surface area contributed by atoms with Crippen molar-refractivity contribution in [3.8, 4) is 0 Å². The van der Waals surface area contributed by atoms with Crippen molar-refractivity contribution in [2.24, 2.45) is 0 Å². The molecule has 1 aromatic heterocycles. The largest absolute Gasteiger partial charge is 0.433 e. The molecule has 0 amide bonds. The summed E-state index contributed by atoms with van der Waals surface area (Å²) in [5, 5.41) is 3.55. The molecule has 2 aromatic rings. The molecule has 0 saturated heterocycles. The highest BCUT2D eigenvalue weighted by Crippen LogP contribution is 2.36. The molecular weight excluding hydrogens is 241 g/mol. The van der Waals surface area contributed by atoms with Crippen LogP contribution < -0.4 is 5.32 Å². The van der Waals surface area contributed by atoms with Crippen LogP contribution in [0.1, 0.15) is 16.8 Å². The van der Waals surface area contributed by atoms with Crippen LogP contribution in [0, 0.1) is 13.8 Å². The lowest BCUT2D eigenvalue weighted by molar-refractivity contribution is -0.141. The highest BCUT2D eigenvalue weighted by molar-refractivity contribution is 5.93. The van der Waals surface area contributed by atoms with Crippen molar-refractivity contribution in [3.63, 3.8) is 0 Å². The van der Waals surface area contributed by atoms with Crippen molar-refractivity contribution in [2.45, 2.75) is 20.0 Å². The van der Waals surface area contributed by atoms with Gasteiger partial charge in [-0.1, -0.05) is 11.6 Å². The third-order valence-corrected chi connectivity index (χ3v) is 2.90. The average Bonchev–Trinajstić information content (AvgIpc) is 2.26. The van der Waals surface area contributed by atoms with E-state index in [1.54, 1.807) is 19.2 Å². The lowest BCUT2D eigenvalue weighted by Crippen LogP contribution is -2.12. The standard InChI is InChI=1S/C13H13F3N2/c1-7-4-5-10-9(6-7)11(17-3)8(2)12(18-10)13(14,15)16/h4-6H,1-3H3,(H,17,18). The van der Waals surface area contributed by atoms with Gasteiger partial charge in [-0.25, -0.2) is 4.98 Å². The number of alkyl halides is 3. The summed E-state index contributed by atoms with van der Waals surface area (Å²) in [4.78, 5) is 3.73. The quantitative estimate of drug-likeness (QED) is 0.834. The van der Waals surface area contributed by atoms with Crippen LogP contribution in [0.5, 0.6) is 0 Å². The fourth-order valence-corrected chi connectivity index (χ4v) is 2.07. The van der Waals surface area contributed by atoms with Gasteiger partial charge >= 0.3 is 6.18 Å². The molecule has 0 atom stereocenters. The SMILES string of the molecule is CNc1c(C)c(C(F)(F)F)nc2ccc(C)cc12. The van der Waals surface area contributed by atoms with Crippen LogP contribution in [0.4, 0.5) is 18.9 Å². The third kappa shape index (κ3) is 2.00. The highest BCUT2D eigenvalue weighted by Gasteiger charge is 2.35. The molecule has 18 heavy (non-hydrogen) atoms. The first-order valence-corrected chi connectivity index (χ1v) is 5.50. The van der Waals surface area contributed by atoms with E-state index in [0.717, 1.165) is 5.56 Å². The van der Waals surface area contributed by atoms with Crippen molar-refractivity contribution >= 4 is 16.6 Å². The minimum atomic E-state index is -4.44. The van der Waals surface area contributed by atoms with Gasteiger partial charge in [0.05, 0.1) is 5.52 Å². The smallest absolute Gasteiger partial charge is 0.387 e. The molecule has 2 rings (SSSR count). The number of aromatic nitrogens is 1. The van der Waals surface area contributed by atoms with E-state index in [4.69, 9.17) is 0 Å². The lowest BCUT2D eigenvalue weighted by Gasteiger charge is -2.16. The molecule has 0 radical (unpaired) electrons. The molecular formula is C13H13F3N2. The molecule has 0 bridgehead atoms. The molecule has 0 aliphatic rings. The summed E-state index contributed by atoms with van der Waals surface area (Å²) in [6, 6.07) is 5.20. The Bertz CT molecular complexity index is 603. The van der Waals surface area contributed by atoms with Gasteiger partial charge in [-0.15, -0.1) is 0 Å². The monoisotopic (exact) mass is 254 g/mol. The van der Waals surface area contributed by atoms with Crippen LogP contribution in [0.2, 0.25) is 0 Å². The topological polar surface area (TPSA) is 24.9 Å². The second-order valence-electron chi connectivity index (χ2n) is 4.23. The Morgan fingerprint density at radius 1 is 1.17 bits per heavy atom. The maximum atomic E-state index is 12.9. The van der Waals surface area contributed by atoms with E-state index in [-0.39, 0.29) is 5.56 Å². The first-order chi connectivity index (χ1) is 8.34. The molecule has 0 fully saturated rings. The van der Waals surface area contributed by atoms with E-state index < -0.39 is 11.9 Å². The van der Waals surface area contributed by atoms with Crippen LogP contribution in [-0.4, -0.2) is 12.0 Å². The number of anilines is 1. The van der Waals surface area contributed by atoms with Gasteiger partial charge in [0.2, 0.25) is 0 Å². The van der Waals surface area contributed by atoms with Gasteiger partial charge in [0.25, 0.3) is 0 Å². The number of hydrogen-bond donors (Lipinski definition) is 1. The molecule has 1 N–H and O–H groups in total. The molecule has 1 aromatic carbocycles. The van der Waals surface area contributed by atoms with E-state index >= 15 is 0 Å². The summed E-state index contributed by atoms with van der Waals surface area (Å²) in [6.07, 6.45) is -4.44. The molecule has 0 aliphatic carbocycles. The Labute approximate surface area is 103 Å². The van der Waals surface area contributed by atoms with E-state index in [2.05, 4.69) is 10.3 Å². The Morgan fingerprint density at radius 2 is 1.83 bits per heavy atom. The summed E-state index contributed by atoms with van der Waals surface area (Å²) in [6.45, 7) is 3.33. The van der Waals surface area contributed by atoms with E-state index in [1.807, 2.05) is 13.0 Å². The fourth-order valence-electron chi connectivity index (χ4n) is 2.07. The zero-order chi connectivity index (χ0) is 13.5. The summed E-state index contributed by atoms with van der Waals surface area (Å²) >= 11 is 0. The van der Waals surface area contributed by atoms with Gasteiger partial charge in [-0.05, 0) is 26.0 Å². The summed E-state index contributed by atoms with van der Waals surface area (Å²) in [7, 11) is 1.62. The van der Waals surface area contributed by atoms with Crippen molar-refractivity contribution in [1.29, 1.82) is 0 Å². The average molecular weight is 254 g/mol. The molecule has 1 heterocycles. The second kappa shape index (κ2) is 4.15. The molecule has 0 aliphatic heterocycles. The normalized spacial score (nSPS) is 11.9. The zero-order valence-electron chi connectivity index (χ0n) is 10.3. The zero-order valence-corrected chi connectivity index (χ0v) is 10.3. The van der Waals surface area contributed by atoms with E-state index in [1.165, 1.54) is 6.92 Å². The van der Waals surface area contributed by atoms with Crippen LogP contribution >= 0.6 is 0 Å². The number of rotatable bonds is 1. The minimum Gasteiger partial charge on any atom is -0.387 e. The highest BCUT2D eigenvalue weighted by atomic mass is 19.4. The molecule has 0 saturated carbocycles. The Hall–Kier alpha value is -1.78. The van der Waals surface area contributed by atoms with E-state index in [9.17, 15) is 13.2 Å². The van der Waals surface area contributed by atoms with Gasteiger partial charge < -0.3 is 5.32 Å². The number of aryl methyl sites for hydroxylation is 1. The number of pyridine rings is 1. The number of nitrogens with zero attached hydrogens (tertiary/aromatic N) is 1. The van der Waals surface area contributed by atoms with Gasteiger partial charge in [0.1, 0.15) is 5.69 Å². The van der Waals surface area contributed by atoms with Crippen molar-refractivity contribution in [3.05, 3.63) is 35.0 Å². The number of nitrogens with one attached hydrogen (secondary N) is 1. The lowest BCUT2D eigenvalue weighted by atomic mass is 10.0. The third-order valence-electron chi connectivity index (χ3n) is 2.90. The Morgan fingerprint density at radius 3 is 2.39 bits per heavy atom. The molecule has 0 unspecified atom stereocenters. The van der Waals surface area contributed by atoms with E-state index in [0.29, 0.717) is 16.6 Å². The van der Waals surface area contributed by atoms with Crippen LogP contribution in [0.25, 0.3) is 10.9 Å². The predicted molar refractivity (Wildman–Crippen MR) is 65.8 cm³/mol. The maximum Gasteiger partial charge on any atom is 0.433 e. The van der Waals surface area contributed by atoms with Crippen LogP contribution in [-0.2, 0) is 6.18 Å². The van der Waals surface area contributed by atoms with Crippen LogP contribution in [0.3, 0.4) is 0 Å². The van der Waals surface area contributed by atoms with Crippen LogP contribution in [0.15, 0.2) is 18.2 Å². The summed E-state index contributed by atoms with van der Waals surface area (Å²) < 4.78 is 38.6. The Balaban J connectivity index is 2.87. The number of benzene rings is 1. The van der Waals surface area contributed by atoms with Gasteiger partial charge in [-0.2, -0.15) is 13.2 Å².